The summed E-state index contributed by atoms with van der Waals surface area (Å²) in [5.74, 6) is 1.18. The molecule has 43 heavy (non-hydrogen) atoms. The maximum absolute atomic E-state index is 14.5. The minimum Gasteiger partial charge on any atom is -0.461 e. The number of nitriles is 1. The first kappa shape index (κ1) is 27.5. The molecule has 1 aromatic carbocycles. The molecule has 1 aliphatic carbocycles. The number of aromatic nitrogens is 2. The molecule has 4 fully saturated rings. The van der Waals surface area contributed by atoms with Crippen molar-refractivity contribution in [3.8, 4) is 12.1 Å². The van der Waals surface area contributed by atoms with Crippen LogP contribution in [0.25, 0.3) is 0 Å². The van der Waals surface area contributed by atoms with Crippen molar-refractivity contribution in [3.05, 3.63) is 40.1 Å². The maximum atomic E-state index is 14.5. The van der Waals surface area contributed by atoms with Gasteiger partial charge < -0.3 is 24.8 Å². The second kappa shape index (κ2) is 10.0. The molecule has 0 saturated carbocycles. The molecule has 9 nitrogen and oxygen atoms in total. The number of alkyl halides is 1. The minimum absolute atomic E-state index is 0.0596. The van der Waals surface area contributed by atoms with Crippen LogP contribution in [0.2, 0.25) is 0 Å². The molecule has 2 N–H and O–H groups in total. The summed E-state index contributed by atoms with van der Waals surface area (Å²) in [6.07, 6.45) is 7.10. The van der Waals surface area contributed by atoms with Gasteiger partial charge in [0.2, 0.25) is 0 Å². The summed E-state index contributed by atoms with van der Waals surface area (Å²) in [6, 6.07) is 6.66. The first-order valence-corrected chi connectivity index (χ1v) is 16.1. The van der Waals surface area contributed by atoms with Gasteiger partial charge in [-0.05, 0) is 69.0 Å². The zero-order valence-electron chi connectivity index (χ0n) is 25.0. The van der Waals surface area contributed by atoms with Gasteiger partial charge in [0.25, 0.3) is 0 Å². The number of hydrogen-bond donors (Lipinski definition) is 1. The highest BCUT2D eigenvalue weighted by molar-refractivity contribution is 5.64. The van der Waals surface area contributed by atoms with E-state index in [1.54, 1.807) is 0 Å². The molecular weight excluding hydrogens is 547 g/mol. The summed E-state index contributed by atoms with van der Waals surface area (Å²) in [5, 5.41) is 10.2. The molecule has 0 radical (unpaired) electrons. The molecule has 2 aromatic rings. The van der Waals surface area contributed by atoms with Crippen molar-refractivity contribution in [1.82, 2.24) is 14.9 Å². The van der Waals surface area contributed by atoms with Crippen LogP contribution in [0.1, 0.15) is 92.2 Å². The van der Waals surface area contributed by atoms with Crippen LogP contribution in [-0.4, -0.2) is 71.6 Å². The van der Waals surface area contributed by atoms with E-state index < -0.39 is 11.8 Å². The predicted molar refractivity (Wildman–Crippen MR) is 159 cm³/mol. The van der Waals surface area contributed by atoms with Crippen LogP contribution in [0.4, 0.5) is 15.9 Å². The molecule has 0 bridgehead atoms. The second-order valence-corrected chi connectivity index (χ2v) is 13.9. The molecule has 5 aliphatic heterocycles. The number of hydrogen-bond acceptors (Lipinski definition) is 9. The molecule has 6 heterocycles. The van der Waals surface area contributed by atoms with Gasteiger partial charge >= 0.3 is 6.01 Å². The summed E-state index contributed by atoms with van der Waals surface area (Å²) < 4.78 is 33.8. The minimum atomic E-state index is -0.816. The number of nitrogens with two attached hydrogens (primary N) is 1. The van der Waals surface area contributed by atoms with Gasteiger partial charge in [-0.25, -0.2) is 4.39 Å². The van der Waals surface area contributed by atoms with Gasteiger partial charge in [-0.1, -0.05) is 13.0 Å². The molecule has 6 aliphatic rings. The number of anilines is 2. The maximum Gasteiger partial charge on any atom is 0.318 e. The van der Waals surface area contributed by atoms with Gasteiger partial charge in [0.05, 0.1) is 35.5 Å². The number of halogens is 1. The largest absolute Gasteiger partial charge is 0.461 e. The lowest BCUT2D eigenvalue weighted by molar-refractivity contribution is -0.0876. The molecule has 5 atom stereocenters. The smallest absolute Gasteiger partial charge is 0.318 e. The molecule has 1 aromatic heterocycles. The Labute approximate surface area is 252 Å². The van der Waals surface area contributed by atoms with Crippen molar-refractivity contribution in [3.63, 3.8) is 0 Å². The van der Waals surface area contributed by atoms with E-state index in [1.165, 1.54) is 0 Å². The van der Waals surface area contributed by atoms with E-state index in [1.807, 2.05) is 6.07 Å². The molecule has 0 unspecified atom stereocenters. The average Bonchev–Trinajstić information content (AvgIpc) is 3.53. The van der Waals surface area contributed by atoms with Gasteiger partial charge in [0.1, 0.15) is 30.3 Å². The van der Waals surface area contributed by atoms with Crippen molar-refractivity contribution < 1.29 is 18.6 Å². The highest BCUT2D eigenvalue weighted by atomic mass is 19.1. The highest BCUT2D eigenvalue weighted by Gasteiger charge is 2.52. The van der Waals surface area contributed by atoms with Crippen molar-refractivity contribution in [2.24, 2.45) is 0 Å². The number of ether oxygens (including phenoxy) is 3. The van der Waals surface area contributed by atoms with E-state index in [2.05, 4.69) is 28.9 Å². The molecule has 228 valence electrons. The van der Waals surface area contributed by atoms with Crippen LogP contribution in [-0.2, 0) is 28.1 Å². The van der Waals surface area contributed by atoms with E-state index in [-0.39, 0.29) is 11.1 Å². The van der Waals surface area contributed by atoms with Crippen LogP contribution >= 0.6 is 0 Å². The number of nitrogen functional groups attached to an aromatic ring is 1. The SMILES string of the molecule is C[C@H]1CC[C@]2(Cc3nc(OC[C@@]45CCCN4C[C@H](F)C5)nc(N4CC[C@]45CCCOC5)c3CO2)c2c1ccc(N)c2C#N. The summed E-state index contributed by atoms with van der Waals surface area (Å²) in [4.78, 5) is 14.8. The Bertz CT molecular complexity index is 1490. The van der Waals surface area contributed by atoms with Crippen LogP contribution in [0, 0.1) is 11.3 Å². The molecular formula is C33H41FN6O3. The van der Waals surface area contributed by atoms with Crippen molar-refractivity contribution in [1.29, 1.82) is 5.26 Å². The Morgan fingerprint density at radius 1 is 1.19 bits per heavy atom. The Morgan fingerprint density at radius 3 is 2.88 bits per heavy atom. The van der Waals surface area contributed by atoms with E-state index in [4.69, 9.17) is 29.9 Å². The number of benzene rings is 1. The zero-order chi connectivity index (χ0) is 29.4. The average molecular weight is 589 g/mol. The van der Waals surface area contributed by atoms with Gasteiger partial charge in [-0.3, -0.25) is 4.90 Å². The van der Waals surface area contributed by atoms with Gasteiger partial charge in [-0.2, -0.15) is 15.2 Å². The fraction of sp³-hybridized carbons (Fsp3) is 0.667. The monoisotopic (exact) mass is 588 g/mol. The van der Waals surface area contributed by atoms with Crippen LogP contribution in [0.3, 0.4) is 0 Å². The third kappa shape index (κ3) is 4.18. The fourth-order valence-corrected chi connectivity index (χ4v) is 9.08. The number of rotatable bonds is 4. The lowest BCUT2D eigenvalue weighted by Crippen LogP contribution is -2.65. The van der Waals surface area contributed by atoms with Crippen LogP contribution in [0.15, 0.2) is 12.1 Å². The number of nitrogens with zero attached hydrogens (tertiary/aromatic N) is 5. The Hall–Kier alpha value is -3.00. The first-order chi connectivity index (χ1) is 20.9. The summed E-state index contributed by atoms with van der Waals surface area (Å²) in [6.45, 7) is 6.74. The Kier molecular flexibility index (Phi) is 6.41. The molecule has 4 saturated heterocycles. The number of fused-ring (bicyclic) bond motifs is 4. The van der Waals surface area contributed by atoms with Crippen molar-refractivity contribution in [2.45, 2.75) is 100 Å². The summed E-state index contributed by atoms with van der Waals surface area (Å²) in [7, 11) is 0. The highest BCUT2D eigenvalue weighted by Crippen LogP contribution is 2.52. The van der Waals surface area contributed by atoms with Crippen LogP contribution < -0.4 is 15.4 Å². The third-order valence-electron chi connectivity index (χ3n) is 11.5. The van der Waals surface area contributed by atoms with Crippen molar-refractivity contribution >= 4 is 11.5 Å². The first-order valence-electron chi connectivity index (χ1n) is 16.1. The molecule has 8 rings (SSSR count). The predicted octanol–water partition coefficient (Wildman–Crippen LogP) is 4.51. The standard InChI is InChI=1S/C33H41FN6O3/c1-21-6-9-33(28-23(21)4-5-26(36)24(28)16-35)15-27-25(18-43-33)29(40-12-10-31(40)8-3-13-41-19-31)38-30(37-27)42-20-32-7-2-11-39(32)17-22(34)14-32/h4-5,21-22H,2-3,6-15,17-20,36H2,1H3/t21-,22+,31-,32-,33-/m0/s1. The summed E-state index contributed by atoms with van der Waals surface area (Å²) >= 11 is 0. The van der Waals surface area contributed by atoms with E-state index in [0.717, 1.165) is 92.8 Å². The zero-order valence-corrected chi connectivity index (χ0v) is 25.0. The van der Waals surface area contributed by atoms with Gasteiger partial charge in [0.15, 0.2) is 0 Å². The van der Waals surface area contributed by atoms with Gasteiger partial charge in [0, 0.05) is 49.4 Å². The third-order valence-corrected chi connectivity index (χ3v) is 11.5. The summed E-state index contributed by atoms with van der Waals surface area (Å²) in [5.41, 5.74) is 10.3. The normalized spacial score (nSPS) is 34.9. The van der Waals surface area contributed by atoms with Crippen molar-refractivity contribution in [2.75, 3.05) is 50.1 Å². The molecule has 2 spiro atoms. The molecule has 0 amide bonds. The van der Waals surface area contributed by atoms with Crippen LogP contribution in [0.5, 0.6) is 6.01 Å². The quantitative estimate of drug-likeness (QED) is 0.516. The van der Waals surface area contributed by atoms with E-state index in [9.17, 15) is 9.65 Å². The fourth-order valence-electron chi connectivity index (χ4n) is 9.08. The van der Waals surface area contributed by atoms with Gasteiger partial charge in [-0.15, -0.1) is 0 Å². The van der Waals surface area contributed by atoms with E-state index in [0.29, 0.717) is 62.4 Å². The second-order valence-electron chi connectivity index (χ2n) is 13.9. The lowest BCUT2D eigenvalue weighted by Gasteiger charge is -2.56. The topological polar surface area (TPSA) is 110 Å². The lowest BCUT2D eigenvalue weighted by atomic mass is 9.69. The molecule has 10 heteroatoms. The Balaban J connectivity index is 1.19. The Morgan fingerprint density at radius 2 is 2.09 bits per heavy atom. The van der Waals surface area contributed by atoms with E-state index >= 15 is 0 Å².